The molecule has 4 heteroatoms. The molecule has 13 heavy (non-hydrogen) atoms. The fourth-order valence-electron chi connectivity index (χ4n) is 0.902. The van der Waals surface area contributed by atoms with Crippen LogP contribution in [-0.2, 0) is 0 Å². The molecule has 0 N–H and O–H groups in total. The zero-order valence-electron chi connectivity index (χ0n) is 7.81. The van der Waals surface area contributed by atoms with Crippen molar-refractivity contribution in [3.05, 3.63) is 27.1 Å². The Morgan fingerprint density at radius 3 is 1.92 bits per heavy atom. The van der Waals surface area contributed by atoms with E-state index in [9.17, 15) is 0 Å². The maximum atomic E-state index is 3.48. The third-order valence-corrected chi connectivity index (χ3v) is 3.56. The molecule has 0 aliphatic rings. The number of benzene rings is 1. The average molecular weight is 421 g/mol. The first-order chi connectivity index (χ1) is 5.41. The molecule has 0 saturated carbocycles. The first-order valence-electron chi connectivity index (χ1n) is 3.68. The highest BCUT2D eigenvalue weighted by Gasteiger charge is 2.12. The van der Waals surface area contributed by atoms with Gasteiger partial charge in [0.05, 0.1) is 21.1 Å². The molecule has 1 aromatic carbocycles. The van der Waals surface area contributed by atoms with Gasteiger partial charge in [-0.15, -0.1) is 0 Å². The fourth-order valence-corrected chi connectivity index (χ4v) is 1.52. The number of quaternary nitrogens is 1. The Kier molecular flexibility index (Phi) is 5.43. The Bertz CT molecular complexity index is 294. The molecule has 0 radical (unpaired) electrons. The summed E-state index contributed by atoms with van der Waals surface area (Å²) in [5, 5.41) is 0. The van der Waals surface area contributed by atoms with Gasteiger partial charge < -0.3 is 24.0 Å². The van der Waals surface area contributed by atoms with Crippen LogP contribution in [0, 0.1) is 0 Å². The van der Waals surface area contributed by atoms with E-state index in [1.54, 1.807) is 0 Å². The number of hydrogen-bond acceptors (Lipinski definition) is 0. The van der Waals surface area contributed by atoms with Gasteiger partial charge in [0.1, 0.15) is 5.69 Å². The van der Waals surface area contributed by atoms with Crippen molar-refractivity contribution in [1.29, 1.82) is 0 Å². The van der Waals surface area contributed by atoms with Crippen molar-refractivity contribution in [1.82, 2.24) is 4.48 Å². The summed E-state index contributed by atoms with van der Waals surface area (Å²) in [6.07, 6.45) is 0. The fraction of sp³-hybridized carbons (Fsp3) is 0.333. The van der Waals surface area contributed by atoms with Crippen LogP contribution in [0.5, 0.6) is 0 Å². The van der Waals surface area contributed by atoms with Gasteiger partial charge in [-0.3, -0.25) is 4.48 Å². The zero-order valence-corrected chi connectivity index (χ0v) is 13.1. The Labute approximate surface area is 113 Å². The average Bonchev–Trinajstić information content (AvgIpc) is 1.92. The van der Waals surface area contributed by atoms with Crippen molar-refractivity contribution >= 4 is 37.5 Å². The maximum absolute atomic E-state index is 3.48. The van der Waals surface area contributed by atoms with Gasteiger partial charge in [0.15, 0.2) is 0 Å². The van der Waals surface area contributed by atoms with Crippen LogP contribution in [0.25, 0.3) is 0 Å². The van der Waals surface area contributed by atoms with E-state index in [0.29, 0.717) is 0 Å². The lowest BCUT2D eigenvalue weighted by atomic mass is 10.3. The zero-order chi connectivity index (χ0) is 9.35. The molecule has 0 atom stereocenters. The smallest absolute Gasteiger partial charge is 0.133 e. The topological polar surface area (TPSA) is 0 Å². The van der Waals surface area contributed by atoms with Gasteiger partial charge in [0.25, 0.3) is 0 Å². The molecule has 0 aliphatic carbocycles. The van der Waals surface area contributed by atoms with Crippen LogP contribution in [0.2, 0.25) is 0 Å². The Balaban J connectivity index is 0.00000144. The quantitative estimate of drug-likeness (QED) is 0.456. The van der Waals surface area contributed by atoms with Crippen LogP contribution in [-0.4, -0.2) is 21.1 Å². The summed E-state index contributed by atoms with van der Waals surface area (Å²) < 4.78 is 3.04. The Morgan fingerprint density at radius 2 is 1.54 bits per heavy atom. The molecule has 0 bridgehead atoms. The highest BCUT2D eigenvalue weighted by molar-refractivity contribution is 9.13. The van der Waals surface area contributed by atoms with Gasteiger partial charge in [0, 0.05) is 21.1 Å². The van der Waals surface area contributed by atoms with Gasteiger partial charge in [0.2, 0.25) is 0 Å². The number of rotatable bonds is 1. The van der Waals surface area contributed by atoms with Crippen molar-refractivity contribution in [3.63, 3.8) is 0 Å². The number of halogens is 3. The number of hydrogen-bond donors (Lipinski definition) is 0. The van der Waals surface area contributed by atoms with Crippen LogP contribution in [0.1, 0.15) is 0 Å². The van der Waals surface area contributed by atoms with E-state index in [0.717, 1.165) is 13.4 Å². The molecule has 0 unspecified atom stereocenters. The summed E-state index contributed by atoms with van der Waals surface area (Å²) in [4.78, 5) is 0. The SMILES string of the molecule is C[N+](C)(C)c1ccc(Br)c(Br)c1.[I-]. The summed E-state index contributed by atoms with van der Waals surface area (Å²) in [5.74, 6) is 0. The van der Waals surface area contributed by atoms with Gasteiger partial charge in [-0.1, -0.05) is 0 Å². The minimum absolute atomic E-state index is 0. The molecular weight excluding hydrogens is 409 g/mol. The molecular formula is C9H12Br2IN. The predicted molar refractivity (Wildman–Crippen MR) is 61.4 cm³/mol. The minimum atomic E-state index is 0. The van der Waals surface area contributed by atoms with Crippen molar-refractivity contribution in [2.75, 3.05) is 21.1 Å². The van der Waals surface area contributed by atoms with Crippen LogP contribution < -0.4 is 28.5 Å². The lowest BCUT2D eigenvalue weighted by Crippen LogP contribution is -3.00. The molecule has 1 nitrogen and oxygen atoms in total. The molecule has 0 heterocycles. The van der Waals surface area contributed by atoms with Crippen LogP contribution in [0.15, 0.2) is 27.1 Å². The number of nitrogens with zero attached hydrogens (tertiary/aromatic N) is 1. The van der Waals surface area contributed by atoms with Gasteiger partial charge in [-0.25, -0.2) is 0 Å². The third-order valence-electron chi connectivity index (χ3n) is 1.68. The molecule has 0 aliphatic heterocycles. The molecule has 0 spiro atoms. The second kappa shape index (κ2) is 5.09. The normalized spacial score (nSPS) is 10.8. The summed E-state index contributed by atoms with van der Waals surface area (Å²) in [7, 11) is 6.45. The molecule has 1 rings (SSSR count). The van der Waals surface area contributed by atoms with Crippen molar-refractivity contribution in [2.24, 2.45) is 0 Å². The van der Waals surface area contributed by atoms with E-state index in [1.807, 2.05) is 0 Å². The van der Waals surface area contributed by atoms with E-state index in [4.69, 9.17) is 0 Å². The van der Waals surface area contributed by atoms with Crippen LogP contribution in [0.4, 0.5) is 5.69 Å². The van der Waals surface area contributed by atoms with Crippen molar-refractivity contribution < 1.29 is 24.0 Å². The maximum Gasteiger partial charge on any atom is 0.133 e. The van der Waals surface area contributed by atoms with Gasteiger partial charge >= 0.3 is 0 Å². The van der Waals surface area contributed by atoms with E-state index in [2.05, 4.69) is 71.2 Å². The molecule has 74 valence electrons. The second-order valence-corrected chi connectivity index (χ2v) is 5.32. The highest BCUT2D eigenvalue weighted by atomic mass is 127. The van der Waals surface area contributed by atoms with E-state index < -0.39 is 0 Å². The Morgan fingerprint density at radius 1 is 1.00 bits per heavy atom. The predicted octanol–water partition coefficient (Wildman–Crippen LogP) is 0.412. The molecule has 0 fully saturated rings. The van der Waals surface area contributed by atoms with Crippen molar-refractivity contribution in [3.8, 4) is 0 Å². The first-order valence-corrected chi connectivity index (χ1v) is 5.27. The lowest BCUT2D eigenvalue weighted by Gasteiger charge is -2.23. The van der Waals surface area contributed by atoms with Gasteiger partial charge in [-0.05, 0) is 37.9 Å². The largest absolute Gasteiger partial charge is 1.00 e. The van der Waals surface area contributed by atoms with E-state index in [-0.39, 0.29) is 24.0 Å². The van der Waals surface area contributed by atoms with E-state index >= 15 is 0 Å². The van der Waals surface area contributed by atoms with Gasteiger partial charge in [-0.2, -0.15) is 0 Å². The van der Waals surface area contributed by atoms with E-state index in [1.165, 1.54) is 5.69 Å². The van der Waals surface area contributed by atoms with Crippen LogP contribution in [0.3, 0.4) is 0 Å². The highest BCUT2D eigenvalue weighted by Crippen LogP contribution is 2.28. The Hall–Kier alpha value is 0.870. The van der Waals surface area contributed by atoms with Crippen LogP contribution >= 0.6 is 31.9 Å². The van der Waals surface area contributed by atoms with Crippen molar-refractivity contribution in [2.45, 2.75) is 0 Å². The summed E-state index contributed by atoms with van der Waals surface area (Å²) in [5.41, 5.74) is 1.28. The first kappa shape index (κ1) is 13.9. The minimum Gasteiger partial charge on any atom is -1.00 e. The standard InChI is InChI=1S/C9H12Br2N.HI/c1-12(2,3)7-4-5-8(10)9(11)6-7;/h4-6H,1-3H3;1H/q+1;/p-1. The summed E-state index contributed by atoms with van der Waals surface area (Å²) in [6, 6.07) is 6.31. The summed E-state index contributed by atoms with van der Waals surface area (Å²) in [6.45, 7) is 0. The monoisotopic (exact) mass is 419 g/mol. The third kappa shape index (κ3) is 3.85. The molecule has 0 amide bonds. The molecule has 0 aromatic heterocycles. The second-order valence-electron chi connectivity index (χ2n) is 3.61. The molecule has 1 aromatic rings. The molecule has 0 saturated heterocycles. The lowest BCUT2D eigenvalue weighted by molar-refractivity contribution is -0.00000250. The summed E-state index contributed by atoms with van der Waals surface area (Å²) >= 11 is 6.92.